The van der Waals surface area contributed by atoms with Gasteiger partial charge in [-0.3, -0.25) is 0 Å². The Labute approximate surface area is 73.5 Å². The SMILES string of the molecule is CC(C)(C)OC(=O)NC1[CH]CC1. The van der Waals surface area contributed by atoms with Gasteiger partial charge in [-0.15, -0.1) is 0 Å². The molecule has 1 aliphatic carbocycles. The van der Waals surface area contributed by atoms with Gasteiger partial charge >= 0.3 is 6.09 Å². The van der Waals surface area contributed by atoms with Crippen molar-refractivity contribution in [1.29, 1.82) is 0 Å². The fraction of sp³-hybridized carbons (Fsp3) is 0.778. The molecule has 1 saturated carbocycles. The van der Waals surface area contributed by atoms with Crippen LogP contribution in [0.4, 0.5) is 4.79 Å². The van der Waals surface area contributed by atoms with Crippen molar-refractivity contribution in [1.82, 2.24) is 5.32 Å². The van der Waals surface area contributed by atoms with Crippen molar-refractivity contribution >= 4 is 6.09 Å². The van der Waals surface area contributed by atoms with Crippen LogP contribution in [0.1, 0.15) is 33.6 Å². The Bertz CT molecular complexity index is 168. The number of rotatable bonds is 1. The van der Waals surface area contributed by atoms with E-state index in [2.05, 4.69) is 11.7 Å². The first-order valence-corrected chi connectivity index (χ1v) is 4.30. The standard InChI is InChI=1S/C9H16NO2/c1-9(2,3)12-8(11)10-7-5-4-6-7/h5,7H,4,6H2,1-3H3,(H,10,11). The summed E-state index contributed by atoms with van der Waals surface area (Å²) in [5, 5.41) is 2.76. The van der Waals surface area contributed by atoms with E-state index >= 15 is 0 Å². The van der Waals surface area contributed by atoms with Gasteiger partial charge in [0.05, 0.1) is 0 Å². The molecular weight excluding hydrogens is 154 g/mol. The van der Waals surface area contributed by atoms with Gasteiger partial charge in [0.1, 0.15) is 5.60 Å². The van der Waals surface area contributed by atoms with Crippen LogP contribution in [0.15, 0.2) is 0 Å². The molecule has 0 spiro atoms. The van der Waals surface area contributed by atoms with Crippen LogP contribution in [0.5, 0.6) is 0 Å². The topological polar surface area (TPSA) is 38.3 Å². The molecule has 0 aromatic carbocycles. The largest absolute Gasteiger partial charge is 0.444 e. The highest BCUT2D eigenvalue weighted by atomic mass is 16.6. The monoisotopic (exact) mass is 170 g/mol. The zero-order chi connectivity index (χ0) is 9.19. The molecule has 0 aromatic heterocycles. The molecule has 1 atom stereocenters. The van der Waals surface area contributed by atoms with Crippen molar-refractivity contribution in [3.63, 3.8) is 0 Å². The molecule has 0 bridgehead atoms. The third kappa shape index (κ3) is 3.11. The van der Waals surface area contributed by atoms with Crippen LogP contribution in [-0.2, 0) is 4.74 Å². The highest BCUT2D eigenvalue weighted by Crippen LogP contribution is 2.17. The molecule has 1 N–H and O–H groups in total. The average molecular weight is 170 g/mol. The molecule has 1 radical (unpaired) electrons. The molecule has 0 heterocycles. The minimum absolute atomic E-state index is 0.236. The summed E-state index contributed by atoms with van der Waals surface area (Å²) in [7, 11) is 0. The number of carbonyl (C=O) groups is 1. The lowest BCUT2D eigenvalue weighted by molar-refractivity contribution is 0.0498. The third-order valence-corrected chi connectivity index (χ3v) is 1.63. The molecular formula is C9H16NO2. The van der Waals surface area contributed by atoms with Crippen LogP contribution in [0.3, 0.4) is 0 Å². The molecule has 0 aliphatic heterocycles. The summed E-state index contributed by atoms with van der Waals surface area (Å²) in [6, 6.07) is 0.236. The van der Waals surface area contributed by atoms with Crippen LogP contribution in [0.2, 0.25) is 0 Å². The van der Waals surface area contributed by atoms with Crippen molar-refractivity contribution in [2.75, 3.05) is 0 Å². The summed E-state index contributed by atoms with van der Waals surface area (Å²) in [5.74, 6) is 0. The lowest BCUT2D eigenvalue weighted by Gasteiger charge is -2.28. The maximum absolute atomic E-state index is 11.1. The number of hydrogen-bond acceptors (Lipinski definition) is 2. The molecule has 1 aliphatic rings. The van der Waals surface area contributed by atoms with E-state index in [1.165, 1.54) is 0 Å². The Morgan fingerprint density at radius 2 is 2.17 bits per heavy atom. The predicted molar refractivity (Wildman–Crippen MR) is 46.7 cm³/mol. The molecule has 0 saturated heterocycles. The van der Waals surface area contributed by atoms with E-state index in [-0.39, 0.29) is 12.1 Å². The van der Waals surface area contributed by atoms with E-state index in [4.69, 9.17) is 4.74 Å². The van der Waals surface area contributed by atoms with Crippen molar-refractivity contribution in [3.8, 4) is 0 Å². The highest BCUT2D eigenvalue weighted by Gasteiger charge is 2.23. The van der Waals surface area contributed by atoms with Gasteiger partial charge in [-0.2, -0.15) is 0 Å². The van der Waals surface area contributed by atoms with Gasteiger partial charge in [0.25, 0.3) is 0 Å². The number of hydrogen-bond donors (Lipinski definition) is 1. The van der Waals surface area contributed by atoms with Gasteiger partial charge < -0.3 is 10.1 Å². The highest BCUT2D eigenvalue weighted by molar-refractivity contribution is 5.68. The van der Waals surface area contributed by atoms with E-state index < -0.39 is 5.60 Å². The smallest absolute Gasteiger partial charge is 0.407 e. The van der Waals surface area contributed by atoms with Crippen molar-refractivity contribution in [2.45, 2.75) is 45.3 Å². The van der Waals surface area contributed by atoms with Gasteiger partial charge in [-0.1, -0.05) is 0 Å². The molecule has 1 fully saturated rings. The van der Waals surface area contributed by atoms with Gasteiger partial charge in [0, 0.05) is 6.04 Å². The van der Waals surface area contributed by atoms with Gasteiger partial charge in [-0.05, 0) is 40.0 Å². The van der Waals surface area contributed by atoms with Gasteiger partial charge in [-0.25, -0.2) is 4.79 Å². The number of nitrogens with one attached hydrogen (secondary N) is 1. The minimum Gasteiger partial charge on any atom is -0.444 e. The Morgan fingerprint density at radius 1 is 1.58 bits per heavy atom. The van der Waals surface area contributed by atoms with E-state index in [0.717, 1.165) is 12.8 Å². The number of alkyl carbamates (subject to hydrolysis) is 1. The van der Waals surface area contributed by atoms with Crippen LogP contribution >= 0.6 is 0 Å². The zero-order valence-electron chi connectivity index (χ0n) is 7.89. The molecule has 1 amide bonds. The van der Waals surface area contributed by atoms with E-state index in [1.807, 2.05) is 20.8 Å². The lowest BCUT2D eigenvalue weighted by Crippen LogP contribution is -2.42. The van der Waals surface area contributed by atoms with E-state index in [0.29, 0.717) is 0 Å². The number of ether oxygens (including phenoxy) is 1. The number of carbonyl (C=O) groups excluding carboxylic acids is 1. The third-order valence-electron chi connectivity index (χ3n) is 1.63. The molecule has 12 heavy (non-hydrogen) atoms. The Balaban J connectivity index is 2.19. The summed E-state index contributed by atoms with van der Waals surface area (Å²) < 4.78 is 5.07. The summed E-state index contributed by atoms with van der Waals surface area (Å²) in [5.41, 5.74) is -0.395. The quantitative estimate of drug-likeness (QED) is 0.652. The Hall–Kier alpha value is -0.730. The second-order valence-corrected chi connectivity index (χ2v) is 4.07. The zero-order valence-corrected chi connectivity index (χ0v) is 7.89. The molecule has 0 aromatic rings. The first-order chi connectivity index (χ1) is 5.47. The lowest BCUT2D eigenvalue weighted by atomic mass is 9.93. The number of amides is 1. The second kappa shape index (κ2) is 3.33. The summed E-state index contributed by atoms with van der Waals surface area (Å²) >= 11 is 0. The second-order valence-electron chi connectivity index (χ2n) is 4.07. The maximum atomic E-state index is 11.1. The molecule has 3 nitrogen and oxygen atoms in total. The Kier molecular flexibility index (Phi) is 2.60. The average Bonchev–Trinajstić information content (AvgIpc) is 1.74. The predicted octanol–water partition coefficient (Wildman–Crippen LogP) is 1.88. The van der Waals surface area contributed by atoms with Gasteiger partial charge in [0.15, 0.2) is 0 Å². The van der Waals surface area contributed by atoms with Crippen LogP contribution in [0, 0.1) is 6.42 Å². The van der Waals surface area contributed by atoms with Gasteiger partial charge in [0.2, 0.25) is 0 Å². The Morgan fingerprint density at radius 3 is 2.50 bits per heavy atom. The van der Waals surface area contributed by atoms with Crippen LogP contribution in [0.25, 0.3) is 0 Å². The fourth-order valence-electron chi connectivity index (χ4n) is 0.923. The summed E-state index contributed by atoms with van der Waals surface area (Å²) in [4.78, 5) is 11.1. The maximum Gasteiger partial charge on any atom is 0.407 e. The first-order valence-electron chi connectivity index (χ1n) is 4.30. The normalized spacial score (nSPS) is 18.2. The molecule has 1 unspecified atom stereocenters. The molecule has 69 valence electrons. The van der Waals surface area contributed by atoms with Crippen molar-refractivity contribution in [3.05, 3.63) is 6.42 Å². The summed E-state index contributed by atoms with van der Waals surface area (Å²) in [6.07, 6.45) is 3.90. The van der Waals surface area contributed by atoms with Crippen LogP contribution < -0.4 is 5.32 Å². The molecule has 1 rings (SSSR count). The van der Waals surface area contributed by atoms with Crippen LogP contribution in [-0.4, -0.2) is 17.7 Å². The fourth-order valence-corrected chi connectivity index (χ4v) is 0.923. The van der Waals surface area contributed by atoms with Crippen molar-refractivity contribution in [2.24, 2.45) is 0 Å². The van der Waals surface area contributed by atoms with E-state index in [9.17, 15) is 4.79 Å². The summed E-state index contributed by atoms with van der Waals surface area (Å²) in [6.45, 7) is 5.57. The molecule has 3 heteroatoms. The van der Waals surface area contributed by atoms with Crippen molar-refractivity contribution < 1.29 is 9.53 Å². The minimum atomic E-state index is -0.395. The van der Waals surface area contributed by atoms with E-state index in [1.54, 1.807) is 0 Å². The first kappa shape index (κ1) is 9.36.